The third kappa shape index (κ3) is 4.54. The molecule has 26 heavy (non-hydrogen) atoms. The van der Waals surface area contributed by atoms with E-state index in [0.717, 1.165) is 25.1 Å². The van der Waals surface area contributed by atoms with Crippen molar-refractivity contribution in [2.45, 2.75) is 32.7 Å². The lowest BCUT2D eigenvalue weighted by atomic mass is 9.91. The first-order valence-electron chi connectivity index (χ1n) is 9.20. The van der Waals surface area contributed by atoms with Gasteiger partial charge in [-0.1, -0.05) is 44.2 Å². The van der Waals surface area contributed by atoms with Gasteiger partial charge in [0.2, 0.25) is 5.91 Å². The number of amides is 2. The summed E-state index contributed by atoms with van der Waals surface area (Å²) in [5.41, 5.74) is 1.02. The number of nitrogens with zero attached hydrogens (tertiary/aromatic N) is 1. The van der Waals surface area contributed by atoms with Gasteiger partial charge < -0.3 is 14.6 Å². The van der Waals surface area contributed by atoms with Gasteiger partial charge in [0.25, 0.3) is 5.91 Å². The summed E-state index contributed by atoms with van der Waals surface area (Å²) in [5, 5.41) is 2.87. The molecule has 2 heterocycles. The van der Waals surface area contributed by atoms with Crippen molar-refractivity contribution < 1.29 is 14.0 Å². The van der Waals surface area contributed by atoms with Crippen LogP contribution < -0.4 is 5.32 Å². The lowest BCUT2D eigenvalue weighted by Crippen LogP contribution is -2.53. The van der Waals surface area contributed by atoms with Gasteiger partial charge >= 0.3 is 0 Å². The van der Waals surface area contributed by atoms with Gasteiger partial charge in [0.1, 0.15) is 6.04 Å². The van der Waals surface area contributed by atoms with Crippen molar-refractivity contribution in [1.29, 1.82) is 0 Å². The van der Waals surface area contributed by atoms with Gasteiger partial charge in [0, 0.05) is 19.5 Å². The second-order valence-electron chi connectivity index (χ2n) is 7.38. The molecule has 0 saturated carbocycles. The number of rotatable bonds is 5. The Morgan fingerprint density at radius 1 is 1.12 bits per heavy atom. The highest BCUT2D eigenvalue weighted by Crippen LogP contribution is 2.22. The first-order valence-corrected chi connectivity index (χ1v) is 9.20. The summed E-state index contributed by atoms with van der Waals surface area (Å²) in [6, 6.07) is 12.4. The first-order chi connectivity index (χ1) is 12.5. The van der Waals surface area contributed by atoms with E-state index < -0.39 is 6.04 Å². The molecule has 5 nitrogen and oxygen atoms in total. The van der Waals surface area contributed by atoms with Crippen molar-refractivity contribution in [2.75, 3.05) is 13.1 Å². The van der Waals surface area contributed by atoms with Gasteiger partial charge in [-0.2, -0.15) is 0 Å². The minimum absolute atomic E-state index is 0.0211. The lowest BCUT2D eigenvalue weighted by molar-refractivity contribution is -0.135. The average Bonchev–Trinajstić information content (AvgIpc) is 3.15. The maximum absolute atomic E-state index is 13.2. The van der Waals surface area contributed by atoms with Gasteiger partial charge in [0.05, 0.1) is 6.26 Å². The third-order valence-corrected chi connectivity index (χ3v) is 4.81. The Hall–Kier alpha value is -2.56. The van der Waals surface area contributed by atoms with Gasteiger partial charge in [-0.25, -0.2) is 0 Å². The van der Waals surface area contributed by atoms with E-state index in [4.69, 9.17) is 4.42 Å². The Balaban J connectivity index is 1.77. The monoisotopic (exact) mass is 354 g/mol. The zero-order valence-corrected chi connectivity index (χ0v) is 15.4. The Bertz CT molecular complexity index is 717. The summed E-state index contributed by atoms with van der Waals surface area (Å²) in [6.45, 7) is 5.82. The molecule has 3 atom stereocenters. The van der Waals surface area contributed by atoms with Crippen LogP contribution >= 0.6 is 0 Å². The van der Waals surface area contributed by atoms with Crippen LogP contribution in [0.1, 0.15) is 36.4 Å². The molecule has 1 saturated heterocycles. The molecular weight excluding hydrogens is 328 g/mol. The van der Waals surface area contributed by atoms with Crippen LogP contribution in [0.3, 0.4) is 0 Å². The topological polar surface area (TPSA) is 62.6 Å². The molecule has 1 fully saturated rings. The lowest BCUT2D eigenvalue weighted by Gasteiger charge is -2.37. The highest BCUT2D eigenvalue weighted by atomic mass is 16.3. The second-order valence-corrected chi connectivity index (χ2v) is 7.38. The van der Waals surface area contributed by atoms with Gasteiger partial charge in [-0.3, -0.25) is 9.59 Å². The average molecular weight is 354 g/mol. The summed E-state index contributed by atoms with van der Waals surface area (Å²) >= 11 is 0. The molecule has 1 N–H and O–H groups in total. The summed E-state index contributed by atoms with van der Waals surface area (Å²) in [7, 11) is 0. The molecule has 3 rings (SSSR count). The highest BCUT2D eigenvalue weighted by molar-refractivity contribution is 5.95. The molecule has 138 valence electrons. The molecule has 0 aliphatic carbocycles. The minimum atomic E-state index is -0.604. The van der Waals surface area contributed by atoms with Crippen molar-refractivity contribution in [3.63, 3.8) is 0 Å². The fraction of sp³-hybridized carbons (Fsp3) is 0.429. The van der Waals surface area contributed by atoms with E-state index in [1.54, 1.807) is 12.1 Å². The summed E-state index contributed by atoms with van der Waals surface area (Å²) in [6.07, 6.45) is 3.05. The van der Waals surface area contributed by atoms with Crippen molar-refractivity contribution >= 4 is 11.8 Å². The molecule has 1 aliphatic rings. The molecule has 3 unspecified atom stereocenters. The first kappa shape index (κ1) is 18.2. The van der Waals surface area contributed by atoms with Crippen LogP contribution in [0.15, 0.2) is 53.1 Å². The molecule has 0 radical (unpaired) electrons. The number of carbonyl (C=O) groups is 2. The molecule has 0 bridgehead atoms. The molecule has 0 spiro atoms. The van der Waals surface area contributed by atoms with Crippen molar-refractivity contribution in [2.24, 2.45) is 11.8 Å². The highest BCUT2D eigenvalue weighted by Gasteiger charge is 2.31. The van der Waals surface area contributed by atoms with Crippen molar-refractivity contribution in [3.8, 4) is 0 Å². The van der Waals surface area contributed by atoms with Crippen molar-refractivity contribution in [1.82, 2.24) is 10.2 Å². The standard InChI is InChI=1S/C21H26N2O3/c1-15-11-16(2)14-23(13-15)21(25)18(12-17-7-4-3-5-8-17)22-20(24)19-9-6-10-26-19/h3-10,15-16,18H,11-14H2,1-2H3,(H,22,24). The van der Waals surface area contributed by atoms with E-state index >= 15 is 0 Å². The van der Waals surface area contributed by atoms with E-state index in [0.29, 0.717) is 18.3 Å². The van der Waals surface area contributed by atoms with Crippen LogP contribution in [0.4, 0.5) is 0 Å². The zero-order chi connectivity index (χ0) is 18.5. The number of piperidine rings is 1. The summed E-state index contributed by atoms with van der Waals surface area (Å²) in [4.78, 5) is 27.5. The molecular formula is C21H26N2O3. The van der Waals surface area contributed by atoms with E-state index in [2.05, 4.69) is 19.2 Å². The molecule has 1 aliphatic heterocycles. The van der Waals surface area contributed by atoms with Crippen LogP contribution in [0.2, 0.25) is 0 Å². The molecule has 1 aromatic carbocycles. The Morgan fingerprint density at radius 2 is 1.81 bits per heavy atom. The minimum Gasteiger partial charge on any atom is -0.459 e. The maximum atomic E-state index is 13.2. The van der Waals surface area contributed by atoms with Crippen LogP contribution in [0.5, 0.6) is 0 Å². The number of hydrogen-bond acceptors (Lipinski definition) is 3. The Kier molecular flexibility index (Phi) is 5.76. The normalized spacial score (nSPS) is 21.2. The number of hydrogen-bond donors (Lipinski definition) is 1. The Labute approximate surface area is 154 Å². The number of furan rings is 1. The predicted octanol–water partition coefficient (Wildman–Crippen LogP) is 3.13. The largest absolute Gasteiger partial charge is 0.459 e. The number of likely N-dealkylation sites (tertiary alicyclic amines) is 1. The van der Waals surface area contributed by atoms with E-state index in [1.807, 2.05) is 35.2 Å². The molecule has 2 amide bonds. The fourth-order valence-electron chi connectivity index (χ4n) is 3.75. The molecule has 5 heteroatoms. The van der Waals surface area contributed by atoms with Crippen LogP contribution in [0.25, 0.3) is 0 Å². The smallest absolute Gasteiger partial charge is 0.287 e. The maximum Gasteiger partial charge on any atom is 0.287 e. The van der Waals surface area contributed by atoms with Crippen LogP contribution in [-0.2, 0) is 11.2 Å². The third-order valence-electron chi connectivity index (χ3n) is 4.81. The number of nitrogens with one attached hydrogen (secondary N) is 1. The van der Waals surface area contributed by atoms with Gasteiger partial charge in [0.15, 0.2) is 5.76 Å². The summed E-state index contributed by atoms with van der Waals surface area (Å²) < 4.78 is 5.17. The summed E-state index contributed by atoms with van der Waals surface area (Å²) in [5.74, 6) is 0.785. The van der Waals surface area contributed by atoms with E-state index in [-0.39, 0.29) is 17.6 Å². The fourth-order valence-corrected chi connectivity index (χ4v) is 3.75. The van der Waals surface area contributed by atoms with Gasteiger partial charge in [-0.15, -0.1) is 0 Å². The van der Waals surface area contributed by atoms with Crippen LogP contribution in [0, 0.1) is 11.8 Å². The number of benzene rings is 1. The quantitative estimate of drug-likeness (QED) is 0.897. The van der Waals surface area contributed by atoms with E-state index in [9.17, 15) is 9.59 Å². The van der Waals surface area contributed by atoms with Crippen molar-refractivity contribution in [3.05, 3.63) is 60.1 Å². The molecule has 2 aromatic rings. The predicted molar refractivity (Wildman–Crippen MR) is 99.6 cm³/mol. The zero-order valence-electron chi connectivity index (χ0n) is 15.4. The molecule has 1 aromatic heterocycles. The van der Waals surface area contributed by atoms with E-state index in [1.165, 1.54) is 6.26 Å². The van der Waals surface area contributed by atoms with Crippen LogP contribution in [-0.4, -0.2) is 35.8 Å². The number of carbonyl (C=O) groups excluding carboxylic acids is 2. The Morgan fingerprint density at radius 3 is 2.42 bits per heavy atom. The SMILES string of the molecule is CC1CC(C)CN(C(=O)C(Cc2ccccc2)NC(=O)c2ccco2)C1. The second kappa shape index (κ2) is 8.21. The van der Waals surface area contributed by atoms with Gasteiger partial charge in [-0.05, 0) is 36.0 Å².